The minimum Gasteiger partial charge on any atom is -0.480 e. The average molecular weight is 307 g/mol. The lowest BCUT2D eigenvalue weighted by atomic mass is 10.0. The summed E-state index contributed by atoms with van der Waals surface area (Å²) in [5.41, 5.74) is 0. The maximum absolute atomic E-state index is 12.4. The third kappa shape index (κ3) is 3.47. The van der Waals surface area contributed by atoms with Crippen LogP contribution in [0.5, 0.6) is 11.8 Å². The first-order valence-electron chi connectivity index (χ1n) is 7.65. The lowest BCUT2D eigenvalue weighted by molar-refractivity contribution is -0.138. The molecule has 7 nitrogen and oxygen atoms in total. The maximum atomic E-state index is 12.4. The first kappa shape index (κ1) is 15.0. The van der Waals surface area contributed by atoms with Crippen LogP contribution in [-0.2, 0) is 9.53 Å². The molecule has 2 fully saturated rings. The van der Waals surface area contributed by atoms with Gasteiger partial charge in [0.15, 0.2) is 0 Å². The first-order chi connectivity index (χ1) is 10.8. The second-order valence-corrected chi connectivity index (χ2v) is 5.63. The molecule has 0 N–H and O–H groups in total. The van der Waals surface area contributed by atoms with Crippen molar-refractivity contribution in [3.05, 3.63) is 12.4 Å². The van der Waals surface area contributed by atoms with Gasteiger partial charge in [-0.25, -0.2) is 0 Å². The van der Waals surface area contributed by atoms with Gasteiger partial charge < -0.3 is 19.1 Å². The monoisotopic (exact) mass is 307 g/mol. The quantitative estimate of drug-likeness (QED) is 0.822. The molecule has 3 heterocycles. The van der Waals surface area contributed by atoms with E-state index in [0.29, 0.717) is 31.5 Å². The lowest BCUT2D eigenvalue weighted by Gasteiger charge is -2.33. The largest absolute Gasteiger partial charge is 0.480 e. The molecular weight excluding hydrogens is 286 g/mol. The maximum Gasteiger partial charge on any atom is 0.235 e. The molecule has 22 heavy (non-hydrogen) atoms. The lowest BCUT2D eigenvalue weighted by Crippen LogP contribution is -2.46. The summed E-state index contributed by atoms with van der Waals surface area (Å²) in [4.78, 5) is 22.6. The summed E-state index contributed by atoms with van der Waals surface area (Å²) in [5.74, 6) is 1.05. The van der Waals surface area contributed by atoms with Gasteiger partial charge in [0.2, 0.25) is 17.7 Å². The van der Waals surface area contributed by atoms with Gasteiger partial charge in [0.25, 0.3) is 0 Å². The summed E-state index contributed by atoms with van der Waals surface area (Å²) in [6, 6.07) is 0. The Kier molecular flexibility index (Phi) is 4.72. The topological polar surface area (TPSA) is 73.8 Å². The third-order valence-electron chi connectivity index (χ3n) is 4.06. The van der Waals surface area contributed by atoms with Gasteiger partial charge in [-0.2, -0.15) is 4.98 Å². The fourth-order valence-electron chi connectivity index (χ4n) is 2.88. The van der Waals surface area contributed by atoms with Crippen molar-refractivity contribution in [2.75, 3.05) is 33.4 Å². The van der Waals surface area contributed by atoms with Gasteiger partial charge in [0, 0.05) is 13.2 Å². The minimum atomic E-state index is -0.0542. The van der Waals surface area contributed by atoms with Crippen molar-refractivity contribution < 1.29 is 19.0 Å². The van der Waals surface area contributed by atoms with Crippen LogP contribution in [0.4, 0.5) is 0 Å². The SMILES string of the molecule is COc1cncc(OC2CCCN(C(=O)C3CCOC3)C2)n1. The molecule has 1 aromatic heterocycles. The van der Waals surface area contributed by atoms with Gasteiger partial charge in [0.05, 0.1) is 38.6 Å². The molecule has 2 aliphatic rings. The van der Waals surface area contributed by atoms with E-state index in [1.54, 1.807) is 13.3 Å². The van der Waals surface area contributed by atoms with Crippen LogP contribution in [0.3, 0.4) is 0 Å². The smallest absolute Gasteiger partial charge is 0.235 e. The van der Waals surface area contributed by atoms with Crippen molar-refractivity contribution in [2.24, 2.45) is 5.92 Å². The average Bonchev–Trinajstić information content (AvgIpc) is 3.09. The summed E-state index contributed by atoms with van der Waals surface area (Å²) in [7, 11) is 1.54. The van der Waals surface area contributed by atoms with E-state index in [9.17, 15) is 4.79 Å². The van der Waals surface area contributed by atoms with E-state index < -0.39 is 0 Å². The second-order valence-electron chi connectivity index (χ2n) is 5.63. The number of hydrogen-bond donors (Lipinski definition) is 0. The first-order valence-corrected chi connectivity index (χ1v) is 7.65. The van der Waals surface area contributed by atoms with E-state index in [2.05, 4.69) is 9.97 Å². The molecule has 7 heteroatoms. The molecule has 0 bridgehead atoms. The molecule has 0 aliphatic carbocycles. The minimum absolute atomic E-state index is 0.00959. The fraction of sp³-hybridized carbons (Fsp3) is 0.667. The number of piperidine rings is 1. The van der Waals surface area contributed by atoms with Crippen molar-refractivity contribution >= 4 is 5.91 Å². The predicted molar refractivity (Wildman–Crippen MR) is 77.7 cm³/mol. The Morgan fingerprint density at radius 3 is 3.00 bits per heavy atom. The zero-order chi connectivity index (χ0) is 15.4. The van der Waals surface area contributed by atoms with Crippen LogP contribution in [0.25, 0.3) is 0 Å². The summed E-state index contributed by atoms with van der Waals surface area (Å²) < 4.78 is 16.2. The Balaban J connectivity index is 1.59. The summed E-state index contributed by atoms with van der Waals surface area (Å²) in [6.45, 7) is 2.61. The van der Waals surface area contributed by atoms with Crippen LogP contribution in [0, 0.1) is 5.92 Å². The number of ether oxygens (including phenoxy) is 3. The van der Waals surface area contributed by atoms with Crippen molar-refractivity contribution in [2.45, 2.75) is 25.4 Å². The van der Waals surface area contributed by atoms with E-state index in [-0.39, 0.29) is 17.9 Å². The second kappa shape index (κ2) is 6.91. The van der Waals surface area contributed by atoms with E-state index in [4.69, 9.17) is 14.2 Å². The van der Waals surface area contributed by atoms with Crippen LogP contribution >= 0.6 is 0 Å². The van der Waals surface area contributed by atoms with Crippen molar-refractivity contribution in [3.63, 3.8) is 0 Å². The number of carbonyl (C=O) groups is 1. The number of rotatable bonds is 4. The van der Waals surface area contributed by atoms with Gasteiger partial charge >= 0.3 is 0 Å². The predicted octanol–water partition coefficient (Wildman–Crippen LogP) is 0.891. The highest BCUT2D eigenvalue weighted by Crippen LogP contribution is 2.21. The molecule has 0 radical (unpaired) electrons. The molecular formula is C15H21N3O4. The van der Waals surface area contributed by atoms with Gasteiger partial charge in [0.1, 0.15) is 6.10 Å². The third-order valence-corrected chi connectivity index (χ3v) is 4.06. The fourth-order valence-corrected chi connectivity index (χ4v) is 2.88. The van der Waals surface area contributed by atoms with Crippen molar-refractivity contribution in [3.8, 4) is 11.8 Å². The molecule has 1 aromatic rings. The molecule has 120 valence electrons. The number of hydrogen-bond acceptors (Lipinski definition) is 6. The van der Waals surface area contributed by atoms with E-state index in [1.165, 1.54) is 6.20 Å². The summed E-state index contributed by atoms with van der Waals surface area (Å²) in [6.07, 6.45) is 5.70. The van der Waals surface area contributed by atoms with Crippen LogP contribution < -0.4 is 9.47 Å². The van der Waals surface area contributed by atoms with E-state index >= 15 is 0 Å². The molecule has 0 spiro atoms. The molecule has 2 atom stereocenters. The Bertz CT molecular complexity index is 519. The molecule has 2 saturated heterocycles. The highest BCUT2D eigenvalue weighted by atomic mass is 16.5. The molecule has 0 saturated carbocycles. The highest BCUT2D eigenvalue weighted by Gasteiger charge is 2.31. The Morgan fingerprint density at radius 1 is 1.36 bits per heavy atom. The summed E-state index contributed by atoms with van der Waals surface area (Å²) >= 11 is 0. The van der Waals surface area contributed by atoms with E-state index in [0.717, 1.165) is 25.8 Å². The van der Waals surface area contributed by atoms with Crippen LogP contribution in [0.1, 0.15) is 19.3 Å². The highest BCUT2D eigenvalue weighted by molar-refractivity contribution is 5.79. The Morgan fingerprint density at radius 2 is 2.23 bits per heavy atom. The zero-order valence-electron chi connectivity index (χ0n) is 12.7. The zero-order valence-corrected chi connectivity index (χ0v) is 12.7. The Labute approximate surface area is 129 Å². The molecule has 3 rings (SSSR count). The van der Waals surface area contributed by atoms with Gasteiger partial charge in [-0.3, -0.25) is 9.78 Å². The molecule has 2 unspecified atom stereocenters. The Hall–Kier alpha value is -1.89. The number of aromatic nitrogens is 2. The number of methoxy groups -OCH3 is 1. The summed E-state index contributed by atoms with van der Waals surface area (Å²) in [5, 5.41) is 0. The number of amides is 1. The normalized spacial score (nSPS) is 25.0. The van der Waals surface area contributed by atoms with Gasteiger partial charge in [-0.1, -0.05) is 0 Å². The molecule has 0 aromatic carbocycles. The standard InChI is InChI=1S/C15H21N3O4/c1-20-13-7-16-8-14(17-13)22-12-3-2-5-18(9-12)15(19)11-4-6-21-10-11/h7-8,11-12H,2-6,9-10H2,1H3. The van der Waals surface area contributed by atoms with Crippen LogP contribution in [0.15, 0.2) is 12.4 Å². The molecule has 2 aliphatic heterocycles. The van der Waals surface area contributed by atoms with E-state index in [1.807, 2.05) is 4.90 Å². The van der Waals surface area contributed by atoms with Crippen LogP contribution in [0.2, 0.25) is 0 Å². The van der Waals surface area contributed by atoms with Crippen molar-refractivity contribution in [1.82, 2.24) is 14.9 Å². The van der Waals surface area contributed by atoms with Crippen molar-refractivity contribution in [1.29, 1.82) is 0 Å². The number of carbonyl (C=O) groups excluding carboxylic acids is 1. The van der Waals surface area contributed by atoms with Crippen LogP contribution in [-0.4, -0.2) is 60.3 Å². The van der Waals surface area contributed by atoms with Gasteiger partial charge in [-0.15, -0.1) is 0 Å². The van der Waals surface area contributed by atoms with Gasteiger partial charge in [-0.05, 0) is 19.3 Å². The number of nitrogens with zero attached hydrogens (tertiary/aromatic N) is 3. The number of likely N-dealkylation sites (tertiary alicyclic amines) is 1. The molecule has 1 amide bonds.